The van der Waals surface area contributed by atoms with Crippen molar-refractivity contribution >= 4 is 40.7 Å². The van der Waals surface area contributed by atoms with Gasteiger partial charge in [-0.25, -0.2) is 0 Å². The second kappa shape index (κ2) is 10.7. The van der Waals surface area contributed by atoms with E-state index in [1.807, 2.05) is 6.07 Å². The zero-order valence-electron chi connectivity index (χ0n) is 20.5. The van der Waals surface area contributed by atoms with Crippen molar-refractivity contribution in [2.75, 3.05) is 19.1 Å². The molecular formula is C28H21ClN2O7. The molecule has 1 aliphatic heterocycles. The Labute approximate surface area is 223 Å². The molecule has 3 aromatic rings. The molecule has 1 fully saturated rings. The van der Waals surface area contributed by atoms with Crippen molar-refractivity contribution in [1.29, 1.82) is 5.26 Å². The number of anilines is 1. The fourth-order valence-electron chi connectivity index (χ4n) is 4.22. The predicted molar refractivity (Wildman–Crippen MR) is 138 cm³/mol. The van der Waals surface area contributed by atoms with Crippen molar-refractivity contribution in [2.24, 2.45) is 0 Å². The number of aliphatic hydroxyl groups is 1. The van der Waals surface area contributed by atoms with Crippen LogP contribution in [0.4, 0.5) is 5.69 Å². The number of nitriles is 1. The number of Topliss-reactive ketones (excluding diaryl/α,β-unsaturated/α-hetero) is 1. The molecule has 0 radical (unpaired) electrons. The van der Waals surface area contributed by atoms with E-state index in [2.05, 4.69) is 0 Å². The smallest absolute Gasteiger partial charge is 0.308 e. The number of carbonyl (C=O) groups is 3. The van der Waals surface area contributed by atoms with Crippen molar-refractivity contribution in [2.45, 2.75) is 13.0 Å². The van der Waals surface area contributed by atoms with Gasteiger partial charge >= 0.3 is 5.97 Å². The van der Waals surface area contributed by atoms with Crippen LogP contribution in [-0.2, 0) is 14.4 Å². The summed E-state index contributed by atoms with van der Waals surface area (Å²) in [6, 6.07) is 16.0. The van der Waals surface area contributed by atoms with Crippen LogP contribution in [0, 0.1) is 11.3 Å². The molecule has 38 heavy (non-hydrogen) atoms. The van der Waals surface area contributed by atoms with E-state index in [-0.39, 0.29) is 33.4 Å². The average molecular weight is 533 g/mol. The normalized spacial score (nSPS) is 16.2. The van der Waals surface area contributed by atoms with E-state index in [9.17, 15) is 24.8 Å². The summed E-state index contributed by atoms with van der Waals surface area (Å²) in [5.74, 6) is -2.32. The Morgan fingerprint density at radius 3 is 2.32 bits per heavy atom. The largest absolute Gasteiger partial charge is 0.507 e. The predicted octanol–water partition coefficient (Wildman–Crippen LogP) is 4.78. The van der Waals surface area contributed by atoms with Crippen LogP contribution in [0.1, 0.15) is 29.7 Å². The molecule has 1 amide bonds. The maximum Gasteiger partial charge on any atom is 0.308 e. The highest BCUT2D eigenvalue weighted by Gasteiger charge is 2.47. The minimum Gasteiger partial charge on any atom is -0.507 e. The van der Waals surface area contributed by atoms with Gasteiger partial charge in [-0.2, -0.15) is 5.26 Å². The molecule has 4 rings (SSSR count). The molecule has 1 saturated heterocycles. The lowest BCUT2D eigenvalue weighted by Gasteiger charge is -2.26. The molecule has 0 aliphatic carbocycles. The first-order valence-corrected chi connectivity index (χ1v) is 11.6. The van der Waals surface area contributed by atoms with E-state index in [0.29, 0.717) is 16.8 Å². The molecule has 0 aromatic heterocycles. The van der Waals surface area contributed by atoms with Gasteiger partial charge < -0.3 is 19.3 Å². The number of carbonyl (C=O) groups excluding carboxylic acids is 3. The summed E-state index contributed by atoms with van der Waals surface area (Å²) >= 11 is 6.30. The summed E-state index contributed by atoms with van der Waals surface area (Å²) < 4.78 is 15.8. The lowest BCUT2D eigenvalue weighted by atomic mass is 9.94. The standard InChI is InChI=1S/C28H21ClN2O7/c1-15(32)38-19-6-4-5-17(11-19)25-24(26(33)20-12-21(29)23(37-3)13-22(20)36-2)27(34)28(35)31(25)18-9-7-16(14-30)8-10-18/h4-13,25,33H,1-3H3/b26-24+. The Morgan fingerprint density at radius 1 is 1.03 bits per heavy atom. The monoisotopic (exact) mass is 532 g/mol. The lowest BCUT2D eigenvalue weighted by molar-refractivity contribution is -0.132. The minimum atomic E-state index is -1.12. The highest BCUT2D eigenvalue weighted by atomic mass is 35.5. The van der Waals surface area contributed by atoms with Crippen LogP contribution in [0.3, 0.4) is 0 Å². The summed E-state index contributed by atoms with van der Waals surface area (Å²) in [7, 11) is 2.79. The molecule has 1 atom stereocenters. The lowest BCUT2D eigenvalue weighted by Crippen LogP contribution is -2.29. The zero-order chi connectivity index (χ0) is 27.6. The number of methoxy groups -OCH3 is 2. The van der Waals surface area contributed by atoms with E-state index in [0.717, 1.165) is 0 Å². The van der Waals surface area contributed by atoms with Crippen LogP contribution in [0.25, 0.3) is 5.76 Å². The van der Waals surface area contributed by atoms with Crippen molar-refractivity contribution < 1.29 is 33.7 Å². The number of aliphatic hydroxyl groups excluding tert-OH is 1. The van der Waals surface area contributed by atoms with Gasteiger partial charge in [-0.3, -0.25) is 19.3 Å². The number of halogens is 1. The topological polar surface area (TPSA) is 126 Å². The zero-order valence-corrected chi connectivity index (χ0v) is 21.3. The average Bonchev–Trinajstić information content (AvgIpc) is 3.18. The van der Waals surface area contributed by atoms with E-state index in [1.165, 1.54) is 68.5 Å². The highest BCUT2D eigenvalue weighted by Crippen LogP contribution is 2.45. The van der Waals surface area contributed by atoms with E-state index >= 15 is 0 Å². The van der Waals surface area contributed by atoms with Gasteiger partial charge in [0.15, 0.2) is 0 Å². The van der Waals surface area contributed by atoms with E-state index < -0.39 is 29.5 Å². The van der Waals surface area contributed by atoms with Gasteiger partial charge in [0, 0.05) is 18.7 Å². The van der Waals surface area contributed by atoms with Crippen LogP contribution >= 0.6 is 11.6 Å². The van der Waals surface area contributed by atoms with Gasteiger partial charge in [0.05, 0.1) is 48.1 Å². The van der Waals surface area contributed by atoms with Crippen molar-refractivity contribution in [3.05, 3.63) is 87.9 Å². The van der Waals surface area contributed by atoms with Crippen LogP contribution in [0.2, 0.25) is 5.02 Å². The molecule has 3 aromatic carbocycles. The SMILES string of the molecule is COc1cc(OC)c(/C(O)=C2\C(=O)C(=O)N(c3ccc(C#N)cc3)C2c2cccc(OC(C)=O)c2)cc1Cl. The van der Waals surface area contributed by atoms with E-state index in [1.54, 1.807) is 18.2 Å². The molecule has 0 bridgehead atoms. The summed E-state index contributed by atoms with van der Waals surface area (Å²) in [6.45, 7) is 1.25. The first-order chi connectivity index (χ1) is 18.2. The number of nitrogens with zero attached hydrogens (tertiary/aromatic N) is 2. The maximum absolute atomic E-state index is 13.4. The number of ketones is 1. The number of ether oxygens (including phenoxy) is 3. The third kappa shape index (κ3) is 4.77. The Morgan fingerprint density at radius 2 is 1.71 bits per heavy atom. The Kier molecular flexibility index (Phi) is 7.37. The quantitative estimate of drug-likeness (QED) is 0.158. The molecule has 10 heteroatoms. The van der Waals surface area contributed by atoms with Gasteiger partial charge in [-0.15, -0.1) is 0 Å². The molecule has 1 heterocycles. The molecular weight excluding hydrogens is 512 g/mol. The number of esters is 1. The molecule has 192 valence electrons. The van der Waals surface area contributed by atoms with Crippen LogP contribution in [-0.4, -0.2) is 37.0 Å². The van der Waals surface area contributed by atoms with Crippen molar-refractivity contribution in [3.8, 4) is 23.3 Å². The summed E-state index contributed by atoms with van der Waals surface area (Å²) in [6.07, 6.45) is 0. The Bertz CT molecular complexity index is 1520. The Hall–Kier alpha value is -4.81. The van der Waals surface area contributed by atoms with Gasteiger partial charge in [-0.1, -0.05) is 23.7 Å². The molecule has 0 saturated carbocycles. The highest BCUT2D eigenvalue weighted by molar-refractivity contribution is 6.51. The van der Waals surface area contributed by atoms with Crippen molar-refractivity contribution in [3.63, 3.8) is 0 Å². The fourth-order valence-corrected chi connectivity index (χ4v) is 4.46. The number of amides is 1. The first kappa shape index (κ1) is 26.3. The summed E-state index contributed by atoms with van der Waals surface area (Å²) in [5.41, 5.74) is 0.882. The molecule has 0 spiro atoms. The van der Waals surface area contributed by atoms with Crippen molar-refractivity contribution in [1.82, 2.24) is 0 Å². The number of benzene rings is 3. The number of rotatable bonds is 6. The van der Waals surface area contributed by atoms with Gasteiger partial charge in [0.25, 0.3) is 11.7 Å². The first-order valence-electron chi connectivity index (χ1n) is 11.2. The van der Waals surface area contributed by atoms with Gasteiger partial charge in [-0.05, 0) is 48.0 Å². The third-order valence-electron chi connectivity index (χ3n) is 5.88. The molecule has 1 N–H and O–H groups in total. The minimum absolute atomic E-state index is 0.0669. The molecule has 9 nitrogen and oxygen atoms in total. The van der Waals surface area contributed by atoms with Gasteiger partial charge in [0.2, 0.25) is 0 Å². The third-order valence-corrected chi connectivity index (χ3v) is 6.18. The number of hydrogen-bond donors (Lipinski definition) is 1. The van der Waals surface area contributed by atoms with Crippen LogP contribution in [0.5, 0.6) is 17.2 Å². The van der Waals surface area contributed by atoms with Gasteiger partial charge in [0.1, 0.15) is 23.0 Å². The fraction of sp³-hybridized carbons (Fsp3) is 0.143. The second-order valence-corrected chi connectivity index (χ2v) is 8.59. The van der Waals surface area contributed by atoms with Crippen LogP contribution < -0.4 is 19.1 Å². The van der Waals surface area contributed by atoms with Crippen LogP contribution in [0.15, 0.2) is 66.2 Å². The maximum atomic E-state index is 13.4. The van der Waals surface area contributed by atoms with E-state index in [4.69, 9.17) is 25.8 Å². The molecule has 1 aliphatic rings. The molecule has 1 unspecified atom stereocenters. The summed E-state index contributed by atoms with van der Waals surface area (Å²) in [5, 5.41) is 20.8. The summed E-state index contributed by atoms with van der Waals surface area (Å²) in [4.78, 5) is 39.6. The second-order valence-electron chi connectivity index (χ2n) is 8.18. The number of hydrogen-bond acceptors (Lipinski definition) is 8. The Balaban J connectivity index is 1.98.